The largest absolute Gasteiger partial charge is 0.463 e. The van der Waals surface area contributed by atoms with E-state index in [1.165, 1.54) is 89.9 Å². The number of rotatable bonds is 35. The molecule has 0 saturated heterocycles. The average Bonchev–Trinajstić information content (AvgIpc) is 3.40. The van der Waals surface area contributed by atoms with Crippen molar-refractivity contribution in [3.8, 4) is 0 Å². The second-order valence-electron chi connectivity index (χ2n) is 16.3. The fraction of sp³-hybridized carbons (Fsp3) is 0.867. The highest BCUT2D eigenvalue weighted by molar-refractivity contribution is 5.69. The Balaban J connectivity index is 1.98. The summed E-state index contributed by atoms with van der Waals surface area (Å²) in [6.07, 6.45) is 33.4. The molecular formula is C45H82O8. The van der Waals surface area contributed by atoms with Crippen LogP contribution in [-0.2, 0) is 19.1 Å². The first-order valence-electron chi connectivity index (χ1n) is 22.0. The molecule has 1 rings (SSSR count). The maximum absolute atomic E-state index is 12.1. The van der Waals surface area contributed by atoms with Crippen molar-refractivity contribution in [1.29, 1.82) is 0 Å². The van der Waals surface area contributed by atoms with Crippen molar-refractivity contribution in [2.45, 2.75) is 219 Å². The SMILES string of the molecule is CCCCC[C@H](O)/C=C/[C@@H]1[C@@H](C/C=C/CCCC(=O)OC[C@@H](O)COC(=O)CCCCCCCCCCCCCCCCCCC(C)C)[C@@H](O)C[C@H]1O. The molecule has 0 radical (unpaired) electrons. The van der Waals surface area contributed by atoms with Crippen LogP contribution in [0.1, 0.15) is 194 Å². The summed E-state index contributed by atoms with van der Waals surface area (Å²) >= 11 is 0. The van der Waals surface area contributed by atoms with Crippen LogP contribution in [0.15, 0.2) is 24.3 Å². The molecule has 1 aliphatic rings. The van der Waals surface area contributed by atoms with Crippen LogP contribution >= 0.6 is 0 Å². The second-order valence-corrected chi connectivity index (χ2v) is 16.3. The van der Waals surface area contributed by atoms with E-state index in [9.17, 15) is 30.0 Å². The van der Waals surface area contributed by atoms with E-state index in [2.05, 4.69) is 20.8 Å². The molecule has 310 valence electrons. The molecule has 0 aliphatic heterocycles. The van der Waals surface area contributed by atoms with Crippen LogP contribution in [0.3, 0.4) is 0 Å². The van der Waals surface area contributed by atoms with Crippen molar-refractivity contribution in [2.24, 2.45) is 17.8 Å². The molecule has 8 heteroatoms. The summed E-state index contributed by atoms with van der Waals surface area (Å²) in [6.45, 7) is 6.37. The summed E-state index contributed by atoms with van der Waals surface area (Å²) in [5, 5.41) is 41.2. The summed E-state index contributed by atoms with van der Waals surface area (Å²) in [5.41, 5.74) is 0. The van der Waals surface area contributed by atoms with E-state index >= 15 is 0 Å². The first kappa shape index (κ1) is 49.3. The van der Waals surface area contributed by atoms with Crippen molar-refractivity contribution in [1.82, 2.24) is 0 Å². The predicted octanol–water partition coefficient (Wildman–Crippen LogP) is 10.1. The molecule has 1 fully saturated rings. The highest BCUT2D eigenvalue weighted by Crippen LogP contribution is 2.36. The third-order valence-electron chi connectivity index (χ3n) is 10.7. The Morgan fingerprint density at radius 2 is 1.13 bits per heavy atom. The van der Waals surface area contributed by atoms with E-state index in [1.807, 2.05) is 18.2 Å². The first-order valence-corrected chi connectivity index (χ1v) is 22.0. The smallest absolute Gasteiger partial charge is 0.305 e. The van der Waals surface area contributed by atoms with Gasteiger partial charge in [0.05, 0.1) is 18.3 Å². The molecule has 0 spiro atoms. The van der Waals surface area contributed by atoms with Gasteiger partial charge in [-0.3, -0.25) is 9.59 Å². The Morgan fingerprint density at radius 3 is 1.66 bits per heavy atom. The van der Waals surface area contributed by atoms with Gasteiger partial charge in [-0.2, -0.15) is 0 Å². The molecule has 4 N–H and O–H groups in total. The number of hydrogen-bond donors (Lipinski definition) is 4. The van der Waals surface area contributed by atoms with Gasteiger partial charge in [0.1, 0.15) is 19.3 Å². The van der Waals surface area contributed by atoms with Gasteiger partial charge >= 0.3 is 11.9 Å². The van der Waals surface area contributed by atoms with E-state index in [0.29, 0.717) is 38.5 Å². The number of aliphatic hydroxyl groups is 4. The second kappa shape index (κ2) is 33.6. The summed E-state index contributed by atoms with van der Waals surface area (Å²) < 4.78 is 10.3. The van der Waals surface area contributed by atoms with Gasteiger partial charge in [-0.25, -0.2) is 0 Å². The highest BCUT2D eigenvalue weighted by atomic mass is 16.6. The van der Waals surface area contributed by atoms with E-state index in [1.54, 1.807) is 6.08 Å². The quantitative estimate of drug-likeness (QED) is 0.0286. The van der Waals surface area contributed by atoms with Gasteiger partial charge in [0, 0.05) is 25.2 Å². The summed E-state index contributed by atoms with van der Waals surface area (Å²) in [4.78, 5) is 24.2. The molecule has 53 heavy (non-hydrogen) atoms. The summed E-state index contributed by atoms with van der Waals surface area (Å²) in [6, 6.07) is 0. The molecule has 8 nitrogen and oxygen atoms in total. The van der Waals surface area contributed by atoms with Crippen LogP contribution in [0, 0.1) is 17.8 Å². The average molecular weight is 751 g/mol. The van der Waals surface area contributed by atoms with Gasteiger partial charge in [-0.05, 0) is 43.9 Å². The van der Waals surface area contributed by atoms with Crippen LogP contribution in [-0.4, -0.2) is 70.0 Å². The third-order valence-corrected chi connectivity index (χ3v) is 10.7. The Labute approximate surface area is 324 Å². The van der Waals surface area contributed by atoms with Gasteiger partial charge in [-0.15, -0.1) is 0 Å². The van der Waals surface area contributed by atoms with Gasteiger partial charge in [0.15, 0.2) is 0 Å². The van der Waals surface area contributed by atoms with Crippen molar-refractivity contribution in [2.75, 3.05) is 13.2 Å². The fourth-order valence-corrected chi connectivity index (χ4v) is 7.27. The number of esters is 2. The number of allylic oxidation sites excluding steroid dienone is 2. The van der Waals surface area contributed by atoms with Gasteiger partial charge < -0.3 is 29.9 Å². The standard InChI is InChI=1S/C45H82O8/c1-4-5-22-28-38(46)32-33-41-40(42(48)34-43(41)49)29-24-20-21-26-31-45(51)53-36-39(47)35-52-44(50)30-25-19-17-15-13-11-9-7-6-8-10-12-14-16-18-23-27-37(2)3/h20,24,32-33,37-43,46-49H,4-19,21-23,25-31,34-36H2,1-3H3/b24-20+,33-32+/t38-,39-,40+,41+,42-,43+/m0/s1. The van der Waals surface area contributed by atoms with Crippen LogP contribution in [0.2, 0.25) is 0 Å². The molecule has 0 aromatic carbocycles. The summed E-state index contributed by atoms with van der Waals surface area (Å²) in [5.74, 6) is -0.201. The molecule has 0 aromatic heterocycles. The van der Waals surface area contributed by atoms with Gasteiger partial charge in [0.25, 0.3) is 0 Å². The zero-order valence-electron chi connectivity index (χ0n) is 34.3. The van der Waals surface area contributed by atoms with Crippen LogP contribution in [0.5, 0.6) is 0 Å². The van der Waals surface area contributed by atoms with Gasteiger partial charge in [0.2, 0.25) is 0 Å². The third kappa shape index (κ3) is 28.3. The van der Waals surface area contributed by atoms with Crippen molar-refractivity contribution >= 4 is 11.9 Å². The van der Waals surface area contributed by atoms with Gasteiger partial charge in [-0.1, -0.05) is 167 Å². The molecular weight excluding hydrogens is 668 g/mol. The highest BCUT2D eigenvalue weighted by Gasteiger charge is 2.39. The molecule has 0 bridgehead atoms. The first-order chi connectivity index (χ1) is 25.6. The Bertz CT molecular complexity index is 933. The molecule has 0 amide bonds. The number of ether oxygens (including phenoxy) is 2. The minimum Gasteiger partial charge on any atom is -0.463 e. The van der Waals surface area contributed by atoms with E-state index < -0.39 is 30.4 Å². The zero-order valence-corrected chi connectivity index (χ0v) is 34.3. The van der Waals surface area contributed by atoms with Crippen LogP contribution < -0.4 is 0 Å². The number of unbranched alkanes of at least 4 members (excludes halogenated alkanes) is 18. The van der Waals surface area contributed by atoms with Crippen molar-refractivity contribution < 1.29 is 39.5 Å². The summed E-state index contributed by atoms with van der Waals surface area (Å²) in [7, 11) is 0. The topological polar surface area (TPSA) is 134 Å². The Hall–Kier alpha value is -1.74. The fourth-order valence-electron chi connectivity index (χ4n) is 7.27. The molecule has 1 saturated carbocycles. The van der Waals surface area contributed by atoms with Crippen LogP contribution in [0.4, 0.5) is 0 Å². The number of hydrogen-bond acceptors (Lipinski definition) is 8. The lowest BCUT2D eigenvalue weighted by Crippen LogP contribution is -2.25. The normalized spacial score (nSPS) is 20.2. The maximum atomic E-state index is 12.1. The zero-order chi connectivity index (χ0) is 38.9. The Kier molecular flexibility index (Phi) is 31.2. The predicted molar refractivity (Wildman–Crippen MR) is 216 cm³/mol. The monoisotopic (exact) mass is 751 g/mol. The lowest BCUT2D eigenvalue weighted by Gasteiger charge is -2.19. The van der Waals surface area contributed by atoms with E-state index in [4.69, 9.17) is 9.47 Å². The number of aliphatic hydroxyl groups excluding tert-OH is 4. The minimum absolute atomic E-state index is 0.117. The number of carbonyl (C=O) groups is 2. The minimum atomic E-state index is -1.04. The lowest BCUT2D eigenvalue weighted by atomic mass is 9.89. The molecule has 0 unspecified atom stereocenters. The van der Waals surface area contributed by atoms with Crippen LogP contribution in [0.25, 0.3) is 0 Å². The molecule has 0 heterocycles. The van der Waals surface area contributed by atoms with E-state index in [-0.39, 0.29) is 37.4 Å². The number of carbonyl (C=O) groups excluding carboxylic acids is 2. The molecule has 6 atom stereocenters. The molecule has 1 aliphatic carbocycles. The maximum Gasteiger partial charge on any atom is 0.305 e. The van der Waals surface area contributed by atoms with E-state index in [0.717, 1.165) is 44.4 Å². The van der Waals surface area contributed by atoms with Crippen molar-refractivity contribution in [3.05, 3.63) is 24.3 Å². The lowest BCUT2D eigenvalue weighted by molar-refractivity contribution is -0.152. The Morgan fingerprint density at radius 1 is 0.642 bits per heavy atom. The molecule has 0 aromatic rings. The van der Waals surface area contributed by atoms with Crippen molar-refractivity contribution in [3.63, 3.8) is 0 Å².